The quantitative estimate of drug-likeness (QED) is 0.525. The number of fused-ring (bicyclic) bond motifs is 1. The second-order valence-corrected chi connectivity index (χ2v) is 7.29. The fourth-order valence-electron chi connectivity index (χ4n) is 3.90. The minimum Gasteiger partial charge on any atom is -0.461 e. The molecule has 146 valence electrons. The van der Waals surface area contributed by atoms with E-state index in [0.717, 1.165) is 17.6 Å². The SMILES string of the molecule is Cc1ccc(C(=O)N2CC[C@@H](n3c(-c4ccco4)nc4cccnc43)C2)cc1F. The van der Waals surface area contributed by atoms with E-state index in [9.17, 15) is 9.18 Å². The Labute approximate surface area is 166 Å². The number of halogens is 1. The topological polar surface area (TPSA) is 64.2 Å². The van der Waals surface area contributed by atoms with Gasteiger partial charge in [0.25, 0.3) is 5.91 Å². The van der Waals surface area contributed by atoms with Crippen molar-refractivity contribution in [2.75, 3.05) is 13.1 Å². The third-order valence-corrected chi connectivity index (χ3v) is 5.42. The summed E-state index contributed by atoms with van der Waals surface area (Å²) < 4.78 is 21.5. The Bertz CT molecular complexity index is 1200. The zero-order valence-corrected chi connectivity index (χ0v) is 15.9. The van der Waals surface area contributed by atoms with Gasteiger partial charge in [-0.2, -0.15) is 0 Å². The maximum atomic E-state index is 13.9. The van der Waals surface area contributed by atoms with Crippen molar-refractivity contribution >= 4 is 17.1 Å². The molecule has 1 aromatic carbocycles. The third-order valence-electron chi connectivity index (χ3n) is 5.42. The molecule has 1 fully saturated rings. The zero-order valence-electron chi connectivity index (χ0n) is 15.9. The monoisotopic (exact) mass is 390 g/mol. The number of benzene rings is 1. The molecule has 0 N–H and O–H groups in total. The van der Waals surface area contributed by atoms with Crippen LogP contribution in [0.15, 0.2) is 59.3 Å². The molecule has 1 aliphatic rings. The number of rotatable bonds is 3. The standard InChI is InChI=1S/C22H19FN4O2/c1-14-6-7-15(12-17(14)23)22(28)26-10-8-16(13-26)27-20-18(4-2-9-24-20)25-21(27)19-5-3-11-29-19/h2-7,9,11-12,16H,8,10,13H2,1H3/t16-/m1/s1. The lowest BCUT2D eigenvalue weighted by Gasteiger charge is -2.18. The predicted molar refractivity (Wildman–Crippen MR) is 106 cm³/mol. The van der Waals surface area contributed by atoms with E-state index in [2.05, 4.69) is 9.55 Å². The van der Waals surface area contributed by atoms with E-state index >= 15 is 0 Å². The van der Waals surface area contributed by atoms with Gasteiger partial charge in [0.2, 0.25) is 0 Å². The Morgan fingerprint density at radius 2 is 2.14 bits per heavy atom. The Morgan fingerprint density at radius 1 is 1.24 bits per heavy atom. The van der Waals surface area contributed by atoms with Gasteiger partial charge >= 0.3 is 0 Å². The molecule has 0 radical (unpaired) electrons. The molecule has 5 rings (SSSR count). The lowest BCUT2D eigenvalue weighted by Crippen LogP contribution is -2.29. The average Bonchev–Trinajstić information content (AvgIpc) is 3.47. The minimum absolute atomic E-state index is 0.00856. The number of imidazole rings is 1. The number of aryl methyl sites for hydroxylation is 1. The van der Waals surface area contributed by atoms with Gasteiger partial charge in [-0.3, -0.25) is 4.79 Å². The van der Waals surface area contributed by atoms with Crippen molar-refractivity contribution in [1.82, 2.24) is 19.4 Å². The molecule has 6 nitrogen and oxygen atoms in total. The van der Waals surface area contributed by atoms with Gasteiger partial charge in [0.1, 0.15) is 11.3 Å². The summed E-state index contributed by atoms with van der Waals surface area (Å²) in [6, 6.07) is 12.1. The van der Waals surface area contributed by atoms with Crippen molar-refractivity contribution in [3.63, 3.8) is 0 Å². The summed E-state index contributed by atoms with van der Waals surface area (Å²) in [7, 11) is 0. The summed E-state index contributed by atoms with van der Waals surface area (Å²) in [5.41, 5.74) is 2.44. The number of hydrogen-bond acceptors (Lipinski definition) is 4. The number of carbonyl (C=O) groups excluding carboxylic acids is 1. The number of hydrogen-bond donors (Lipinski definition) is 0. The average molecular weight is 390 g/mol. The number of amides is 1. The molecule has 0 spiro atoms. The molecule has 29 heavy (non-hydrogen) atoms. The second kappa shape index (κ2) is 6.84. The Balaban J connectivity index is 1.48. The summed E-state index contributed by atoms with van der Waals surface area (Å²) in [5.74, 6) is 0.831. The first-order valence-electron chi connectivity index (χ1n) is 9.54. The van der Waals surface area contributed by atoms with E-state index in [1.54, 1.807) is 36.4 Å². The van der Waals surface area contributed by atoms with Crippen molar-refractivity contribution in [3.8, 4) is 11.6 Å². The van der Waals surface area contributed by atoms with Crippen molar-refractivity contribution in [1.29, 1.82) is 0 Å². The van der Waals surface area contributed by atoms with Crippen LogP contribution in [0.4, 0.5) is 4.39 Å². The molecule has 4 heterocycles. The van der Waals surface area contributed by atoms with Crippen LogP contribution in [0, 0.1) is 12.7 Å². The molecule has 7 heteroatoms. The second-order valence-electron chi connectivity index (χ2n) is 7.29. The van der Waals surface area contributed by atoms with Crippen LogP contribution in [0.1, 0.15) is 28.4 Å². The van der Waals surface area contributed by atoms with Crippen LogP contribution in [-0.2, 0) is 0 Å². The Hall–Kier alpha value is -3.48. The number of nitrogens with zero attached hydrogens (tertiary/aromatic N) is 4. The molecule has 4 aromatic rings. The van der Waals surface area contributed by atoms with Gasteiger partial charge in [0.05, 0.1) is 12.3 Å². The van der Waals surface area contributed by atoms with Crippen LogP contribution in [0.25, 0.3) is 22.7 Å². The van der Waals surface area contributed by atoms with E-state index in [1.807, 2.05) is 24.3 Å². The van der Waals surface area contributed by atoms with E-state index in [1.165, 1.54) is 6.07 Å². The molecule has 0 bridgehead atoms. The predicted octanol–water partition coefficient (Wildman–Crippen LogP) is 4.23. The molecule has 3 aromatic heterocycles. The van der Waals surface area contributed by atoms with Crippen LogP contribution >= 0.6 is 0 Å². The van der Waals surface area contributed by atoms with Crippen molar-refractivity contribution in [2.24, 2.45) is 0 Å². The van der Waals surface area contributed by atoms with Gasteiger partial charge in [-0.1, -0.05) is 6.07 Å². The van der Waals surface area contributed by atoms with Gasteiger partial charge in [0, 0.05) is 24.8 Å². The Morgan fingerprint density at radius 3 is 2.93 bits per heavy atom. The third kappa shape index (κ3) is 2.99. The maximum Gasteiger partial charge on any atom is 0.254 e. The highest BCUT2D eigenvalue weighted by molar-refractivity contribution is 5.94. The number of aromatic nitrogens is 3. The maximum absolute atomic E-state index is 13.9. The number of likely N-dealkylation sites (tertiary alicyclic amines) is 1. The van der Waals surface area contributed by atoms with E-state index in [0.29, 0.717) is 35.8 Å². The Kier molecular flexibility index (Phi) is 4.16. The van der Waals surface area contributed by atoms with E-state index < -0.39 is 0 Å². The first kappa shape index (κ1) is 17.6. The summed E-state index contributed by atoms with van der Waals surface area (Å²) in [5, 5.41) is 0. The van der Waals surface area contributed by atoms with E-state index in [4.69, 9.17) is 9.40 Å². The fourth-order valence-corrected chi connectivity index (χ4v) is 3.90. The number of carbonyl (C=O) groups is 1. The zero-order chi connectivity index (χ0) is 20.0. The highest BCUT2D eigenvalue weighted by Crippen LogP contribution is 2.32. The lowest BCUT2D eigenvalue weighted by atomic mass is 10.1. The smallest absolute Gasteiger partial charge is 0.254 e. The molecule has 0 unspecified atom stereocenters. The van der Waals surface area contributed by atoms with Gasteiger partial charge in [-0.05, 0) is 55.3 Å². The molecular formula is C22H19FN4O2. The molecule has 1 amide bonds. The largest absolute Gasteiger partial charge is 0.461 e. The minimum atomic E-state index is -0.364. The van der Waals surface area contributed by atoms with Crippen molar-refractivity contribution in [2.45, 2.75) is 19.4 Å². The summed E-state index contributed by atoms with van der Waals surface area (Å²) >= 11 is 0. The van der Waals surface area contributed by atoms with Gasteiger partial charge in [0.15, 0.2) is 17.2 Å². The van der Waals surface area contributed by atoms with Gasteiger partial charge in [-0.15, -0.1) is 0 Å². The summed E-state index contributed by atoms with van der Waals surface area (Å²) in [6.45, 7) is 2.77. The molecule has 0 saturated carbocycles. The number of furan rings is 1. The van der Waals surface area contributed by atoms with Crippen LogP contribution in [-0.4, -0.2) is 38.4 Å². The fraction of sp³-hybridized carbons (Fsp3) is 0.227. The molecule has 1 saturated heterocycles. The number of pyridine rings is 1. The lowest BCUT2D eigenvalue weighted by molar-refractivity contribution is 0.0787. The molecular weight excluding hydrogens is 371 g/mol. The molecule has 1 atom stereocenters. The van der Waals surface area contributed by atoms with Crippen LogP contribution in [0.3, 0.4) is 0 Å². The first-order valence-corrected chi connectivity index (χ1v) is 9.54. The molecule has 1 aliphatic heterocycles. The van der Waals surface area contributed by atoms with Crippen molar-refractivity contribution < 1.29 is 13.6 Å². The summed E-state index contributed by atoms with van der Waals surface area (Å²) in [6.07, 6.45) is 4.11. The van der Waals surface area contributed by atoms with Crippen LogP contribution < -0.4 is 0 Å². The van der Waals surface area contributed by atoms with Crippen LogP contribution in [0.5, 0.6) is 0 Å². The highest BCUT2D eigenvalue weighted by Gasteiger charge is 2.32. The van der Waals surface area contributed by atoms with Crippen LogP contribution in [0.2, 0.25) is 0 Å². The summed E-state index contributed by atoms with van der Waals surface area (Å²) in [4.78, 5) is 23.9. The first-order chi connectivity index (χ1) is 14.1. The van der Waals surface area contributed by atoms with Crippen molar-refractivity contribution in [3.05, 3.63) is 71.9 Å². The normalized spacial score (nSPS) is 16.6. The van der Waals surface area contributed by atoms with Gasteiger partial charge in [-0.25, -0.2) is 14.4 Å². The molecule has 0 aliphatic carbocycles. The van der Waals surface area contributed by atoms with E-state index in [-0.39, 0.29) is 17.8 Å². The van der Waals surface area contributed by atoms with Gasteiger partial charge < -0.3 is 13.9 Å². The highest BCUT2D eigenvalue weighted by atomic mass is 19.1.